The highest BCUT2D eigenvalue weighted by atomic mass is 16.5. The van der Waals surface area contributed by atoms with E-state index >= 15 is 0 Å². The summed E-state index contributed by atoms with van der Waals surface area (Å²) >= 11 is 0. The van der Waals surface area contributed by atoms with E-state index in [4.69, 9.17) is 19.9 Å². The molecule has 3 aromatic carbocycles. The van der Waals surface area contributed by atoms with Gasteiger partial charge in [0.1, 0.15) is 36.4 Å². The number of hydrogen-bond donors (Lipinski definition) is 5. The highest BCUT2D eigenvalue weighted by Crippen LogP contribution is 2.36. The van der Waals surface area contributed by atoms with E-state index in [1.807, 2.05) is 54.6 Å². The molecular formula is C53H60N8O7. The second-order valence-electron chi connectivity index (χ2n) is 16.1. The molecule has 0 unspecified atom stereocenters. The Balaban J connectivity index is 1.20. The van der Waals surface area contributed by atoms with Crippen LogP contribution in [-0.2, 0) is 4.79 Å². The topological polar surface area (TPSA) is 209 Å². The molecule has 0 aliphatic carbocycles. The van der Waals surface area contributed by atoms with Gasteiger partial charge in [-0.05, 0) is 87.9 Å². The lowest BCUT2D eigenvalue weighted by Gasteiger charge is -2.33. The average molecular weight is 921 g/mol. The van der Waals surface area contributed by atoms with Crippen molar-refractivity contribution in [3.63, 3.8) is 0 Å². The first-order chi connectivity index (χ1) is 33.2. The van der Waals surface area contributed by atoms with Gasteiger partial charge in [0.05, 0.1) is 16.7 Å². The molecule has 3 heterocycles. The van der Waals surface area contributed by atoms with Crippen LogP contribution in [0.2, 0.25) is 0 Å². The molecule has 0 bridgehead atoms. The summed E-state index contributed by atoms with van der Waals surface area (Å²) < 4.78 is 17.9. The van der Waals surface area contributed by atoms with E-state index in [0.717, 1.165) is 16.2 Å². The van der Waals surface area contributed by atoms with Crippen molar-refractivity contribution in [1.29, 1.82) is 0 Å². The van der Waals surface area contributed by atoms with Crippen molar-refractivity contribution in [2.75, 3.05) is 52.5 Å². The molecule has 6 N–H and O–H groups in total. The predicted octanol–water partition coefficient (Wildman–Crippen LogP) is 7.41. The van der Waals surface area contributed by atoms with Crippen molar-refractivity contribution < 1.29 is 33.4 Å². The van der Waals surface area contributed by atoms with Gasteiger partial charge in [-0.15, -0.1) is 0 Å². The summed E-state index contributed by atoms with van der Waals surface area (Å²) in [5.74, 6) is -0.134. The first kappa shape index (κ1) is 49.8. The van der Waals surface area contributed by atoms with Gasteiger partial charge >= 0.3 is 0 Å². The number of benzene rings is 3. The van der Waals surface area contributed by atoms with Gasteiger partial charge in [-0.3, -0.25) is 34.1 Å². The third-order valence-corrected chi connectivity index (χ3v) is 11.5. The van der Waals surface area contributed by atoms with E-state index in [2.05, 4.69) is 56.0 Å². The molecule has 6 rings (SSSR count). The van der Waals surface area contributed by atoms with Gasteiger partial charge in [0.15, 0.2) is 17.2 Å². The molecule has 15 heteroatoms. The number of ether oxygens (including phenoxy) is 3. The number of nitrogens with zero attached hydrogens (tertiary/aromatic N) is 3. The van der Waals surface area contributed by atoms with E-state index in [9.17, 15) is 19.2 Å². The molecule has 0 aliphatic heterocycles. The molecule has 0 atom stereocenters. The average Bonchev–Trinajstić information content (AvgIpc) is 3.37. The third kappa shape index (κ3) is 12.6. The second-order valence-corrected chi connectivity index (χ2v) is 16.1. The van der Waals surface area contributed by atoms with Crippen LogP contribution in [0.1, 0.15) is 76.0 Å². The molecule has 0 saturated heterocycles. The van der Waals surface area contributed by atoms with Gasteiger partial charge in [0.25, 0.3) is 17.7 Å². The Morgan fingerprint density at radius 3 is 1.16 bits per heavy atom. The smallest absolute Gasteiger partial charge is 0.255 e. The van der Waals surface area contributed by atoms with E-state index in [0.29, 0.717) is 109 Å². The summed E-state index contributed by atoms with van der Waals surface area (Å²) in [6, 6.07) is 21.7. The molecular weight excluding hydrogens is 861 g/mol. The lowest BCUT2D eigenvalue weighted by molar-refractivity contribution is -0.132. The van der Waals surface area contributed by atoms with Crippen molar-refractivity contribution in [2.45, 2.75) is 44.9 Å². The second kappa shape index (κ2) is 25.3. The highest BCUT2D eigenvalue weighted by molar-refractivity contribution is 6.04. The molecule has 0 radical (unpaired) electrons. The molecule has 354 valence electrons. The summed E-state index contributed by atoms with van der Waals surface area (Å²) in [6.07, 6.45) is 12.8. The molecule has 0 fully saturated rings. The fraction of sp³-hybridized carbons (Fsp3) is 0.302. The van der Waals surface area contributed by atoms with E-state index in [1.165, 1.54) is 0 Å². The fourth-order valence-corrected chi connectivity index (χ4v) is 8.14. The van der Waals surface area contributed by atoms with Gasteiger partial charge in [0, 0.05) is 66.3 Å². The number of aromatic nitrogens is 3. The van der Waals surface area contributed by atoms with Crippen LogP contribution >= 0.6 is 0 Å². The van der Waals surface area contributed by atoms with Crippen LogP contribution in [0, 0.1) is 5.41 Å². The summed E-state index contributed by atoms with van der Waals surface area (Å²) in [7, 11) is 0. The molecule has 15 nitrogen and oxygen atoms in total. The fourth-order valence-electron chi connectivity index (χ4n) is 8.14. The zero-order valence-electron chi connectivity index (χ0n) is 38.4. The zero-order chi connectivity index (χ0) is 48.1. The number of nitrogens with one attached hydrogen (secondary N) is 4. The Morgan fingerprint density at radius 2 is 0.838 bits per heavy atom. The van der Waals surface area contributed by atoms with E-state index < -0.39 is 5.41 Å². The van der Waals surface area contributed by atoms with Crippen LogP contribution in [0.3, 0.4) is 0 Å². The molecule has 68 heavy (non-hydrogen) atoms. The SMILES string of the molecule is C=CCOc1c(C(=O)NCCCC(CCCNC(=O)c2ccc3cccnc3c2OCC=C)(CCCNC(=O)c2ccc3cccnc3c2OCC=C)C(=O)NCCCN)ccc2cccnc12. The number of fused-ring (bicyclic) bond motifs is 3. The standard InChI is InChI=1S/C53H60N8O7/c1-4-34-66-46-40(20-17-37-14-7-27-55-43(37)46)49(62)58-30-10-23-53(52(65)61-33-13-26-54,24-11-31-59-50(63)41-21-18-38-15-8-28-56-44(38)47(41)67-35-5-2)25-12-32-60-51(64)42-22-19-39-16-9-29-57-45(39)48(42)68-36-6-3/h4-9,14-22,27-29H,1-3,10-13,23-26,30-36,54H2,(H,58,62)(H,59,63)(H,60,64)(H,61,65). The van der Waals surface area contributed by atoms with Gasteiger partial charge < -0.3 is 41.2 Å². The summed E-state index contributed by atoms with van der Waals surface area (Å²) in [4.78, 5) is 69.1. The minimum Gasteiger partial charge on any atom is -0.486 e. The maximum absolute atomic E-state index is 14.5. The van der Waals surface area contributed by atoms with Crippen LogP contribution in [0.15, 0.2) is 129 Å². The number of carbonyl (C=O) groups excluding carboxylic acids is 4. The van der Waals surface area contributed by atoms with Crippen LogP contribution < -0.4 is 41.2 Å². The number of carbonyl (C=O) groups is 4. The third-order valence-electron chi connectivity index (χ3n) is 11.5. The number of amides is 4. The van der Waals surface area contributed by atoms with Gasteiger partial charge in [-0.1, -0.05) is 74.4 Å². The highest BCUT2D eigenvalue weighted by Gasteiger charge is 2.37. The first-order valence-corrected chi connectivity index (χ1v) is 22.9. The predicted molar refractivity (Wildman–Crippen MR) is 266 cm³/mol. The van der Waals surface area contributed by atoms with Crippen molar-refractivity contribution >= 4 is 56.3 Å². The van der Waals surface area contributed by atoms with Crippen LogP contribution in [0.25, 0.3) is 32.7 Å². The van der Waals surface area contributed by atoms with Crippen LogP contribution in [0.5, 0.6) is 17.2 Å². The van der Waals surface area contributed by atoms with Crippen LogP contribution in [-0.4, -0.2) is 91.1 Å². The van der Waals surface area contributed by atoms with E-state index in [1.54, 1.807) is 55.0 Å². The molecule has 3 aromatic heterocycles. The largest absolute Gasteiger partial charge is 0.486 e. The number of pyridine rings is 3. The van der Waals surface area contributed by atoms with Gasteiger partial charge in [-0.2, -0.15) is 0 Å². The van der Waals surface area contributed by atoms with Crippen molar-refractivity contribution in [3.8, 4) is 17.2 Å². The number of nitrogens with two attached hydrogens (primary N) is 1. The normalized spacial score (nSPS) is 11.1. The molecule has 6 aromatic rings. The first-order valence-electron chi connectivity index (χ1n) is 22.9. The Hall–Kier alpha value is -7.65. The summed E-state index contributed by atoms with van der Waals surface area (Å²) in [5.41, 5.74) is 7.53. The summed E-state index contributed by atoms with van der Waals surface area (Å²) in [5, 5.41) is 14.7. The Labute approximate surface area is 396 Å². The molecule has 0 spiro atoms. The zero-order valence-corrected chi connectivity index (χ0v) is 38.4. The van der Waals surface area contributed by atoms with Crippen molar-refractivity contribution in [2.24, 2.45) is 11.1 Å². The molecule has 0 aliphatic rings. The van der Waals surface area contributed by atoms with Crippen LogP contribution in [0.4, 0.5) is 0 Å². The quantitative estimate of drug-likeness (QED) is 0.0242. The molecule has 0 saturated carbocycles. The Morgan fingerprint density at radius 1 is 0.500 bits per heavy atom. The van der Waals surface area contributed by atoms with Crippen molar-refractivity contribution in [3.05, 3.63) is 146 Å². The number of hydrogen-bond acceptors (Lipinski definition) is 11. The van der Waals surface area contributed by atoms with Gasteiger partial charge in [-0.25, -0.2) is 0 Å². The summed E-state index contributed by atoms with van der Waals surface area (Å²) in [6.45, 7) is 13.3. The maximum Gasteiger partial charge on any atom is 0.255 e. The lowest BCUT2D eigenvalue weighted by atomic mass is 9.74. The Bertz CT molecular complexity index is 2460. The Kier molecular flexibility index (Phi) is 18.5. The van der Waals surface area contributed by atoms with Gasteiger partial charge in [0.2, 0.25) is 5.91 Å². The molecule has 4 amide bonds. The minimum atomic E-state index is -0.962. The maximum atomic E-state index is 14.5. The number of rotatable bonds is 28. The lowest BCUT2D eigenvalue weighted by Crippen LogP contribution is -2.43. The van der Waals surface area contributed by atoms with Crippen molar-refractivity contribution in [1.82, 2.24) is 36.2 Å². The minimum absolute atomic E-state index is 0.169. The van der Waals surface area contributed by atoms with E-state index in [-0.39, 0.29) is 63.1 Å². The monoisotopic (exact) mass is 920 g/mol.